The summed E-state index contributed by atoms with van der Waals surface area (Å²) in [6.07, 6.45) is 5.39. The summed E-state index contributed by atoms with van der Waals surface area (Å²) in [6.45, 7) is 0.818. The minimum atomic E-state index is -0.0190. The van der Waals surface area contributed by atoms with Crippen molar-refractivity contribution in [1.82, 2.24) is 5.32 Å². The Kier molecular flexibility index (Phi) is 3.86. The Morgan fingerprint density at radius 3 is 2.42 bits per heavy atom. The molecule has 0 atom stereocenters. The third-order valence-corrected chi connectivity index (χ3v) is 4.75. The molecule has 2 aliphatic carbocycles. The highest BCUT2D eigenvalue weighted by Gasteiger charge is 2.41. The number of hydrogen-bond acceptors (Lipinski definition) is 1. The number of amides is 1. The second-order valence-electron chi connectivity index (χ2n) is 5.71. The Morgan fingerprint density at radius 1 is 1.26 bits per heavy atom. The van der Waals surface area contributed by atoms with Crippen LogP contribution in [0.4, 0.5) is 0 Å². The second kappa shape index (κ2) is 5.45. The highest BCUT2D eigenvalue weighted by Crippen LogP contribution is 2.48. The molecule has 0 saturated heterocycles. The van der Waals surface area contributed by atoms with Crippen molar-refractivity contribution in [3.05, 3.63) is 33.3 Å². The van der Waals surface area contributed by atoms with Crippen molar-refractivity contribution < 1.29 is 4.79 Å². The van der Waals surface area contributed by atoms with E-state index >= 15 is 0 Å². The van der Waals surface area contributed by atoms with Gasteiger partial charge in [-0.3, -0.25) is 4.79 Å². The van der Waals surface area contributed by atoms with E-state index < -0.39 is 0 Å². The SMILES string of the molecule is O=C(NCC(C1CC1)C1CC1)c1cc(Cl)cc(Br)c1. The quantitative estimate of drug-likeness (QED) is 0.850. The fourth-order valence-corrected chi connectivity index (χ4v) is 3.62. The molecule has 0 aromatic heterocycles. The van der Waals surface area contributed by atoms with Gasteiger partial charge < -0.3 is 5.32 Å². The van der Waals surface area contributed by atoms with Crippen molar-refractivity contribution >= 4 is 33.4 Å². The van der Waals surface area contributed by atoms with Gasteiger partial charge in [-0.15, -0.1) is 0 Å². The molecular formula is C15H17BrClNO. The van der Waals surface area contributed by atoms with Crippen molar-refractivity contribution in [3.8, 4) is 0 Å². The minimum absolute atomic E-state index is 0.0190. The summed E-state index contributed by atoms with van der Waals surface area (Å²) in [5, 5.41) is 3.66. The number of benzene rings is 1. The average molecular weight is 343 g/mol. The largest absolute Gasteiger partial charge is 0.352 e. The van der Waals surface area contributed by atoms with Crippen molar-refractivity contribution in [1.29, 1.82) is 0 Å². The molecule has 0 spiro atoms. The van der Waals surface area contributed by atoms with Gasteiger partial charge >= 0.3 is 0 Å². The lowest BCUT2D eigenvalue weighted by Gasteiger charge is -2.16. The zero-order valence-corrected chi connectivity index (χ0v) is 13.0. The van der Waals surface area contributed by atoms with Gasteiger partial charge in [0.15, 0.2) is 0 Å². The molecule has 102 valence electrons. The van der Waals surface area contributed by atoms with Crippen LogP contribution in [0.3, 0.4) is 0 Å². The number of halogens is 2. The Balaban J connectivity index is 1.60. The van der Waals surface area contributed by atoms with Crippen LogP contribution in [0, 0.1) is 17.8 Å². The van der Waals surface area contributed by atoms with Crippen LogP contribution >= 0.6 is 27.5 Å². The lowest BCUT2D eigenvalue weighted by atomic mass is 9.98. The maximum Gasteiger partial charge on any atom is 0.251 e. The van der Waals surface area contributed by atoms with Gasteiger partial charge in [0.2, 0.25) is 0 Å². The second-order valence-corrected chi connectivity index (χ2v) is 7.06. The smallest absolute Gasteiger partial charge is 0.251 e. The van der Waals surface area contributed by atoms with E-state index in [1.165, 1.54) is 25.7 Å². The first-order valence-electron chi connectivity index (χ1n) is 6.88. The summed E-state index contributed by atoms with van der Waals surface area (Å²) in [4.78, 5) is 12.1. The zero-order valence-electron chi connectivity index (χ0n) is 10.7. The van der Waals surface area contributed by atoms with Gasteiger partial charge in [-0.05, 0) is 61.6 Å². The molecule has 3 rings (SSSR count). The predicted octanol–water partition coefficient (Wildman–Crippen LogP) is 4.27. The van der Waals surface area contributed by atoms with Gasteiger partial charge in [-0.25, -0.2) is 0 Å². The van der Waals surface area contributed by atoms with E-state index in [4.69, 9.17) is 11.6 Å². The highest BCUT2D eigenvalue weighted by atomic mass is 79.9. The van der Waals surface area contributed by atoms with E-state index in [1.807, 2.05) is 6.07 Å². The van der Waals surface area contributed by atoms with Crippen molar-refractivity contribution in [3.63, 3.8) is 0 Å². The Morgan fingerprint density at radius 2 is 1.89 bits per heavy atom. The van der Waals surface area contributed by atoms with E-state index in [2.05, 4.69) is 21.2 Å². The van der Waals surface area contributed by atoms with Crippen LogP contribution in [-0.4, -0.2) is 12.5 Å². The van der Waals surface area contributed by atoms with Crippen LogP contribution in [-0.2, 0) is 0 Å². The molecule has 2 nitrogen and oxygen atoms in total. The zero-order chi connectivity index (χ0) is 13.4. The van der Waals surface area contributed by atoms with Crippen LogP contribution < -0.4 is 5.32 Å². The molecule has 0 radical (unpaired) electrons. The summed E-state index contributed by atoms with van der Waals surface area (Å²) in [5.41, 5.74) is 0.629. The van der Waals surface area contributed by atoms with Gasteiger partial charge in [0.05, 0.1) is 0 Å². The number of nitrogens with one attached hydrogen (secondary N) is 1. The molecule has 2 saturated carbocycles. The summed E-state index contributed by atoms with van der Waals surface area (Å²) < 4.78 is 0.839. The van der Waals surface area contributed by atoms with Crippen LogP contribution in [0.5, 0.6) is 0 Å². The fraction of sp³-hybridized carbons (Fsp3) is 0.533. The third-order valence-electron chi connectivity index (χ3n) is 4.08. The normalized spacial score (nSPS) is 18.7. The van der Waals surface area contributed by atoms with Crippen LogP contribution in [0.2, 0.25) is 5.02 Å². The highest BCUT2D eigenvalue weighted by molar-refractivity contribution is 9.10. The molecule has 2 fully saturated rings. The first-order chi connectivity index (χ1) is 9.13. The lowest BCUT2D eigenvalue weighted by molar-refractivity contribution is 0.0943. The summed E-state index contributed by atoms with van der Waals surface area (Å²) >= 11 is 9.33. The van der Waals surface area contributed by atoms with Crippen molar-refractivity contribution in [2.45, 2.75) is 25.7 Å². The molecule has 1 aromatic carbocycles. The monoisotopic (exact) mass is 341 g/mol. The third kappa shape index (κ3) is 3.51. The number of carbonyl (C=O) groups is 1. The van der Waals surface area contributed by atoms with Gasteiger partial charge in [0.1, 0.15) is 0 Å². The van der Waals surface area contributed by atoms with Gasteiger partial charge in [-0.1, -0.05) is 27.5 Å². The Hall–Kier alpha value is -0.540. The summed E-state index contributed by atoms with van der Waals surface area (Å²) in [5.74, 6) is 2.40. The molecule has 1 amide bonds. The number of rotatable bonds is 5. The topological polar surface area (TPSA) is 29.1 Å². The summed E-state index contributed by atoms with van der Waals surface area (Å²) in [6, 6.07) is 5.31. The molecule has 1 aromatic rings. The van der Waals surface area contributed by atoms with Gasteiger partial charge in [0.25, 0.3) is 5.91 Å². The predicted molar refractivity (Wildman–Crippen MR) is 80.4 cm³/mol. The average Bonchev–Trinajstić information content (AvgIpc) is 3.22. The van der Waals surface area contributed by atoms with Crippen molar-refractivity contribution in [2.24, 2.45) is 17.8 Å². The van der Waals surface area contributed by atoms with E-state index in [0.717, 1.165) is 22.9 Å². The standard InChI is InChI=1S/C15H17BrClNO/c16-12-5-11(6-13(17)7-12)15(19)18-8-14(9-1-2-9)10-3-4-10/h5-7,9-10,14H,1-4,8H2,(H,18,19). The van der Waals surface area contributed by atoms with Crippen molar-refractivity contribution in [2.75, 3.05) is 6.54 Å². The minimum Gasteiger partial charge on any atom is -0.352 e. The molecule has 2 aliphatic rings. The Labute approximate surface area is 127 Å². The maximum atomic E-state index is 12.1. The van der Waals surface area contributed by atoms with E-state index in [0.29, 0.717) is 16.5 Å². The molecule has 0 aliphatic heterocycles. The molecule has 1 N–H and O–H groups in total. The first kappa shape index (κ1) is 13.4. The maximum absolute atomic E-state index is 12.1. The number of carbonyl (C=O) groups excluding carboxylic acids is 1. The Bertz CT molecular complexity index is 465. The van der Waals surface area contributed by atoms with E-state index in [-0.39, 0.29) is 5.91 Å². The van der Waals surface area contributed by atoms with Crippen LogP contribution in [0.1, 0.15) is 36.0 Å². The molecular weight excluding hydrogens is 326 g/mol. The van der Waals surface area contributed by atoms with E-state index in [1.54, 1.807) is 12.1 Å². The first-order valence-corrected chi connectivity index (χ1v) is 8.05. The van der Waals surface area contributed by atoms with Crippen LogP contribution in [0.25, 0.3) is 0 Å². The van der Waals surface area contributed by atoms with E-state index in [9.17, 15) is 4.79 Å². The molecule has 0 heterocycles. The van der Waals surface area contributed by atoms with Crippen LogP contribution in [0.15, 0.2) is 22.7 Å². The molecule has 0 bridgehead atoms. The summed E-state index contributed by atoms with van der Waals surface area (Å²) in [7, 11) is 0. The molecule has 0 unspecified atom stereocenters. The van der Waals surface area contributed by atoms with Gasteiger partial charge in [-0.2, -0.15) is 0 Å². The lowest BCUT2D eigenvalue weighted by Crippen LogP contribution is -2.31. The fourth-order valence-electron chi connectivity index (χ4n) is 2.76. The molecule has 19 heavy (non-hydrogen) atoms. The number of hydrogen-bond donors (Lipinski definition) is 1. The molecule has 4 heteroatoms. The van der Waals surface area contributed by atoms with Gasteiger partial charge in [0, 0.05) is 21.6 Å².